The van der Waals surface area contributed by atoms with E-state index in [0.29, 0.717) is 30.8 Å². The fourth-order valence-electron chi connectivity index (χ4n) is 3.25. The van der Waals surface area contributed by atoms with E-state index >= 15 is 0 Å². The summed E-state index contributed by atoms with van der Waals surface area (Å²) in [5, 5.41) is 3.45. The molecule has 3 unspecified atom stereocenters. The third-order valence-corrected chi connectivity index (χ3v) is 4.44. The van der Waals surface area contributed by atoms with Gasteiger partial charge in [0.1, 0.15) is 0 Å². The summed E-state index contributed by atoms with van der Waals surface area (Å²) in [6.07, 6.45) is 6.36. The van der Waals surface area contributed by atoms with Crippen molar-refractivity contribution in [2.24, 2.45) is 11.7 Å². The number of nitrogens with one attached hydrogen (secondary N) is 1. The smallest absolute Gasteiger partial charge is 0.222 e. The van der Waals surface area contributed by atoms with Crippen molar-refractivity contribution in [3.8, 4) is 0 Å². The van der Waals surface area contributed by atoms with Gasteiger partial charge in [0.15, 0.2) is 0 Å². The Hall–Kier alpha value is -0.610. The molecular formula is C14H27N3O. The van der Waals surface area contributed by atoms with Crippen LogP contribution in [0, 0.1) is 5.92 Å². The number of hydrogen-bond donors (Lipinski definition) is 2. The summed E-state index contributed by atoms with van der Waals surface area (Å²) in [7, 11) is 0. The summed E-state index contributed by atoms with van der Waals surface area (Å²) in [5.74, 6) is 1.02. The van der Waals surface area contributed by atoms with Gasteiger partial charge in [0, 0.05) is 31.6 Å². The molecule has 2 aliphatic rings. The Morgan fingerprint density at radius 3 is 2.94 bits per heavy atom. The molecule has 2 saturated heterocycles. The molecule has 2 rings (SSSR count). The molecular weight excluding hydrogens is 226 g/mol. The second-order valence-electron chi connectivity index (χ2n) is 5.94. The average molecular weight is 253 g/mol. The molecule has 0 aromatic heterocycles. The van der Waals surface area contributed by atoms with Crippen LogP contribution in [0.2, 0.25) is 0 Å². The summed E-state index contributed by atoms with van der Waals surface area (Å²) in [6, 6.07) is 0.840. The molecule has 0 aliphatic carbocycles. The number of rotatable bonds is 4. The second kappa shape index (κ2) is 6.53. The molecule has 0 saturated carbocycles. The first-order valence-electron chi connectivity index (χ1n) is 7.43. The molecule has 0 radical (unpaired) electrons. The van der Waals surface area contributed by atoms with Crippen LogP contribution in [-0.4, -0.2) is 42.5 Å². The molecule has 18 heavy (non-hydrogen) atoms. The number of carbonyl (C=O) groups is 1. The van der Waals surface area contributed by atoms with E-state index in [1.807, 2.05) is 4.90 Å². The van der Waals surface area contributed by atoms with Gasteiger partial charge < -0.3 is 16.0 Å². The maximum Gasteiger partial charge on any atom is 0.222 e. The molecule has 2 fully saturated rings. The standard InChI is InChI=1S/C14H27N3O/c1-11-6-8-17(13(9-11)10-15)14(18)5-4-12-3-2-7-16-12/h11-13,16H,2-10,15H2,1H3. The van der Waals surface area contributed by atoms with Gasteiger partial charge in [0.25, 0.3) is 0 Å². The van der Waals surface area contributed by atoms with E-state index in [4.69, 9.17) is 5.73 Å². The summed E-state index contributed by atoms with van der Waals surface area (Å²) in [5.41, 5.74) is 5.81. The summed E-state index contributed by atoms with van der Waals surface area (Å²) < 4.78 is 0. The van der Waals surface area contributed by atoms with Crippen LogP contribution in [0.5, 0.6) is 0 Å². The van der Waals surface area contributed by atoms with Crippen LogP contribution in [0.1, 0.15) is 45.4 Å². The topological polar surface area (TPSA) is 58.4 Å². The fourth-order valence-corrected chi connectivity index (χ4v) is 3.25. The number of nitrogens with two attached hydrogens (primary N) is 1. The normalized spacial score (nSPS) is 32.8. The molecule has 2 heterocycles. The number of piperidine rings is 1. The van der Waals surface area contributed by atoms with Gasteiger partial charge in [-0.1, -0.05) is 6.92 Å². The molecule has 104 valence electrons. The van der Waals surface area contributed by atoms with Gasteiger partial charge >= 0.3 is 0 Å². The highest BCUT2D eigenvalue weighted by atomic mass is 16.2. The Kier molecular flexibility index (Phi) is 5.01. The van der Waals surface area contributed by atoms with E-state index in [9.17, 15) is 4.79 Å². The Labute approximate surface area is 110 Å². The Bertz CT molecular complexity index is 276. The Balaban J connectivity index is 1.79. The molecule has 0 bridgehead atoms. The van der Waals surface area contributed by atoms with E-state index in [1.54, 1.807) is 0 Å². The SMILES string of the molecule is CC1CCN(C(=O)CCC2CCCN2)C(CN)C1. The van der Waals surface area contributed by atoms with E-state index in [-0.39, 0.29) is 6.04 Å². The van der Waals surface area contributed by atoms with Crippen molar-refractivity contribution in [1.82, 2.24) is 10.2 Å². The van der Waals surface area contributed by atoms with E-state index in [1.165, 1.54) is 12.8 Å². The molecule has 0 spiro atoms. The minimum atomic E-state index is 0.276. The van der Waals surface area contributed by atoms with Crippen molar-refractivity contribution in [2.75, 3.05) is 19.6 Å². The monoisotopic (exact) mass is 253 g/mol. The van der Waals surface area contributed by atoms with Crippen molar-refractivity contribution in [2.45, 2.75) is 57.5 Å². The summed E-state index contributed by atoms with van der Waals surface area (Å²) in [4.78, 5) is 14.3. The number of hydrogen-bond acceptors (Lipinski definition) is 3. The second-order valence-corrected chi connectivity index (χ2v) is 5.94. The lowest BCUT2D eigenvalue weighted by Crippen LogP contribution is -2.49. The van der Waals surface area contributed by atoms with Crippen molar-refractivity contribution < 1.29 is 4.79 Å². The number of nitrogens with zero attached hydrogens (tertiary/aromatic N) is 1. The minimum absolute atomic E-state index is 0.276. The molecule has 0 aromatic rings. The highest BCUT2D eigenvalue weighted by Crippen LogP contribution is 2.23. The van der Waals surface area contributed by atoms with Gasteiger partial charge in [-0.2, -0.15) is 0 Å². The predicted molar refractivity (Wildman–Crippen MR) is 73.2 cm³/mol. The number of carbonyl (C=O) groups excluding carboxylic acids is 1. The van der Waals surface area contributed by atoms with Crippen molar-refractivity contribution in [3.05, 3.63) is 0 Å². The van der Waals surface area contributed by atoms with Crippen molar-refractivity contribution in [1.29, 1.82) is 0 Å². The fraction of sp³-hybridized carbons (Fsp3) is 0.929. The maximum atomic E-state index is 12.3. The van der Waals surface area contributed by atoms with Crippen LogP contribution in [0.3, 0.4) is 0 Å². The van der Waals surface area contributed by atoms with Gasteiger partial charge in [-0.3, -0.25) is 4.79 Å². The Morgan fingerprint density at radius 2 is 2.28 bits per heavy atom. The van der Waals surface area contributed by atoms with Crippen LogP contribution in [0.15, 0.2) is 0 Å². The third-order valence-electron chi connectivity index (χ3n) is 4.44. The van der Waals surface area contributed by atoms with Crippen LogP contribution >= 0.6 is 0 Å². The molecule has 3 N–H and O–H groups in total. The summed E-state index contributed by atoms with van der Waals surface area (Å²) >= 11 is 0. The molecule has 3 atom stereocenters. The lowest BCUT2D eigenvalue weighted by atomic mass is 9.92. The molecule has 4 heteroatoms. The minimum Gasteiger partial charge on any atom is -0.338 e. The zero-order chi connectivity index (χ0) is 13.0. The quantitative estimate of drug-likeness (QED) is 0.789. The maximum absolute atomic E-state index is 12.3. The highest BCUT2D eigenvalue weighted by Gasteiger charge is 2.29. The highest BCUT2D eigenvalue weighted by molar-refractivity contribution is 5.76. The van der Waals surface area contributed by atoms with Gasteiger partial charge in [-0.15, -0.1) is 0 Å². The van der Waals surface area contributed by atoms with Gasteiger partial charge in [0.05, 0.1) is 0 Å². The zero-order valence-electron chi connectivity index (χ0n) is 11.5. The molecule has 1 amide bonds. The largest absolute Gasteiger partial charge is 0.338 e. The predicted octanol–water partition coefficient (Wildman–Crippen LogP) is 1.10. The number of likely N-dealkylation sites (tertiary alicyclic amines) is 1. The van der Waals surface area contributed by atoms with Crippen LogP contribution in [0.4, 0.5) is 0 Å². The van der Waals surface area contributed by atoms with E-state index in [0.717, 1.165) is 32.4 Å². The third kappa shape index (κ3) is 3.45. The molecule has 2 aliphatic heterocycles. The number of amides is 1. The first-order chi connectivity index (χ1) is 8.70. The first-order valence-corrected chi connectivity index (χ1v) is 7.43. The van der Waals surface area contributed by atoms with Gasteiger partial charge in [-0.25, -0.2) is 0 Å². The summed E-state index contributed by atoms with van der Waals surface area (Å²) in [6.45, 7) is 4.89. The lowest BCUT2D eigenvalue weighted by Gasteiger charge is -2.38. The zero-order valence-corrected chi connectivity index (χ0v) is 11.5. The van der Waals surface area contributed by atoms with Crippen LogP contribution < -0.4 is 11.1 Å². The van der Waals surface area contributed by atoms with Crippen LogP contribution in [0.25, 0.3) is 0 Å². The molecule has 0 aromatic carbocycles. The van der Waals surface area contributed by atoms with E-state index in [2.05, 4.69) is 12.2 Å². The first kappa shape index (κ1) is 13.8. The van der Waals surface area contributed by atoms with Crippen molar-refractivity contribution >= 4 is 5.91 Å². The van der Waals surface area contributed by atoms with Gasteiger partial charge in [0.2, 0.25) is 5.91 Å². The average Bonchev–Trinajstić information content (AvgIpc) is 2.88. The van der Waals surface area contributed by atoms with Crippen LogP contribution in [-0.2, 0) is 4.79 Å². The van der Waals surface area contributed by atoms with Gasteiger partial charge in [-0.05, 0) is 44.6 Å². The van der Waals surface area contributed by atoms with Crippen molar-refractivity contribution in [3.63, 3.8) is 0 Å². The Morgan fingerprint density at radius 1 is 1.44 bits per heavy atom. The lowest BCUT2D eigenvalue weighted by molar-refractivity contribution is -0.135. The molecule has 4 nitrogen and oxygen atoms in total. The van der Waals surface area contributed by atoms with E-state index < -0.39 is 0 Å².